The van der Waals surface area contributed by atoms with Crippen LogP contribution in [0.4, 0.5) is 11.4 Å². The highest BCUT2D eigenvalue weighted by Crippen LogP contribution is 2.16. The molecule has 0 aromatic heterocycles. The molecule has 0 aliphatic heterocycles. The highest BCUT2D eigenvalue weighted by molar-refractivity contribution is 6.10. The van der Waals surface area contributed by atoms with Crippen molar-refractivity contribution in [1.29, 1.82) is 0 Å². The largest absolute Gasteiger partial charge is 0.321 e. The topological polar surface area (TPSA) is 101 Å². The Kier molecular flexibility index (Phi) is 6.57. The van der Waals surface area contributed by atoms with Crippen molar-refractivity contribution < 1.29 is 14.5 Å². The zero-order valence-electron chi connectivity index (χ0n) is 17.1. The molecule has 0 unspecified atom stereocenters. The molecule has 2 amide bonds. The molecule has 3 aromatic carbocycles. The molecule has 3 aromatic rings. The van der Waals surface area contributed by atoms with Gasteiger partial charge in [-0.2, -0.15) is 0 Å². The number of nitro groups is 1. The summed E-state index contributed by atoms with van der Waals surface area (Å²) in [6, 6.07) is 20.0. The molecule has 0 saturated heterocycles. The molecule has 0 atom stereocenters. The Balaban J connectivity index is 1.91. The number of non-ortho nitro benzene ring substituents is 1. The standard InChI is InChI=1S/C24H21N3O4/c1-16-5-3-7-19(13-16)23(28)26-22(15-18-9-11-21(12-10-18)27(30)31)24(29)25-20-8-4-6-17(2)14-20/h3-15H,1-2H3,(H,25,29)(H,26,28). The Labute approximate surface area is 179 Å². The van der Waals surface area contributed by atoms with Gasteiger partial charge in [0.2, 0.25) is 0 Å². The molecule has 3 rings (SSSR count). The molecule has 31 heavy (non-hydrogen) atoms. The smallest absolute Gasteiger partial charge is 0.272 e. The summed E-state index contributed by atoms with van der Waals surface area (Å²) in [6.45, 7) is 3.78. The minimum Gasteiger partial charge on any atom is -0.321 e. The Hall–Kier alpha value is -4.26. The second-order valence-electron chi connectivity index (χ2n) is 7.05. The fraction of sp³-hybridized carbons (Fsp3) is 0.0833. The monoisotopic (exact) mass is 415 g/mol. The predicted octanol–water partition coefficient (Wildman–Crippen LogP) is 4.62. The summed E-state index contributed by atoms with van der Waals surface area (Å²) in [5.41, 5.74) is 3.38. The number of carbonyl (C=O) groups excluding carboxylic acids is 2. The Bertz CT molecular complexity index is 1170. The van der Waals surface area contributed by atoms with Crippen molar-refractivity contribution in [2.24, 2.45) is 0 Å². The maximum atomic E-state index is 12.9. The zero-order valence-corrected chi connectivity index (χ0v) is 17.1. The van der Waals surface area contributed by atoms with E-state index in [1.807, 2.05) is 38.1 Å². The van der Waals surface area contributed by atoms with E-state index in [1.54, 1.807) is 24.3 Å². The molecular weight excluding hydrogens is 394 g/mol. The summed E-state index contributed by atoms with van der Waals surface area (Å²) >= 11 is 0. The van der Waals surface area contributed by atoms with Crippen LogP contribution in [0.3, 0.4) is 0 Å². The number of rotatable bonds is 6. The number of benzene rings is 3. The number of hydrogen-bond donors (Lipinski definition) is 2. The van der Waals surface area contributed by atoms with Gasteiger partial charge in [-0.1, -0.05) is 29.8 Å². The van der Waals surface area contributed by atoms with Crippen LogP contribution >= 0.6 is 0 Å². The quantitative estimate of drug-likeness (QED) is 0.348. The lowest BCUT2D eigenvalue weighted by Crippen LogP contribution is -2.30. The number of aryl methyl sites for hydroxylation is 2. The van der Waals surface area contributed by atoms with Crippen molar-refractivity contribution in [3.8, 4) is 0 Å². The lowest BCUT2D eigenvalue weighted by Gasteiger charge is -2.12. The zero-order chi connectivity index (χ0) is 22.4. The van der Waals surface area contributed by atoms with Gasteiger partial charge in [-0.15, -0.1) is 0 Å². The second-order valence-corrected chi connectivity index (χ2v) is 7.05. The first-order valence-corrected chi connectivity index (χ1v) is 9.54. The summed E-state index contributed by atoms with van der Waals surface area (Å²) in [5, 5.41) is 16.3. The van der Waals surface area contributed by atoms with Crippen molar-refractivity contribution >= 4 is 29.3 Å². The van der Waals surface area contributed by atoms with Gasteiger partial charge in [0, 0.05) is 23.4 Å². The number of nitrogens with one attached hydrogen (secondary N) is 2. The lowest BCUT2D eigenvalue weighted by atomic mass is 10.1. The third-order valence-corrected chi connectivity index (χ3v) is 4.46. The first-order chi connectivity index (χ1) is 14.8. The molecule has 0 saturated carbocycles. The van der Waals surface area contributed by atoms with Crippen LogP contribution in [0.5, 0.6) is 0 Å². The molecule has 0 aliphatic rings. The molecule has 0 aliphatic carbocycles. The molecule has 0 heterocycles. The molecule has 7 heteroatoms. The third kappa shape index (κ3) is 5.86. The van der Waals surface area contributed by atoms with Gasteiger partial charge in [0.05, 0.1) is 4.92 Å². The molecule has 156 valence electrons. The van der Waals surface area contributed by atoms with E-state index in [0.29, 0.717) is 16.8 Å². The molecule has 0 radical (unpaired) electrons. The van der Waals surface area contributed by atoms with Crippen LogP contribution in [0.25, 0.3) is 6.08 Å². The SMILES string of the molecule is Cc1cccc(NC(=O)C(=Cc2ccc([N+](=O)[O-])cc2)NC(=O)c2cccc(C)c2)c1. The van der Waals surface area contributed by atoms with Gasteiger partial charge in [0.15, 0.2) is 0 Å². The Morgan fingerprint density at radius 2 is 1.55 bits per heavy atom. The van der Waals surface area contributed by atoms with Crippen molar-refractivity contribution in [1.82, 2.24) is 5.32 Å². The first kappa shape index (κ1) is 21.4. The highest BCUT2D eigenvalue weighted by Gasteiger charge is 2.16. The Morgan fingerprint density at radius 3 is 2.16 bits per heavy atom. The molecule has 0 spiro atoms. The fourth-order valence-electron chi connectivity index (χ4n) is 2.92. The van der Waals surface area contributed by atoms with E-state index in [4.69, 9.17) is 0 Å². The number of nitro benzene ring substituents is 1. The maximum Gasteiger partial charge on any atom is 0.272 e. The summed E-state index contributed by atoms with van der Waals surface area (Å²) in [4.78, 5) is 36.0. The number of nitrogens with zero attached hydrogens (tertiary/aromatic N) is 1. The van der Waals surface area contributed by atoms with Gasteiger partial charge in [-0.05, 0) is 67.4 Å². The normalized spacial score (nSPS) is 11.0. The van der Waals surface area contributed by atoms with E-state index in [2.05, 4.69) is 10.6 Å². The van der Waals surface area contributed by atoms with E-state index in [1.165, 1.54) is 30.3 Å². The van der Waals surface area contributed by atoms with Gasteiger partial charge in [0.25, 0.3) is 17.5 Å². The molecular formula is C24H21N3O4. The number of carbonyl (C=O) groups is 2. The van der Waals surface area contributed by atoms with Crippen molar-refractivity contribution in [2.45, 2.75) is 13.8 Å². The van der Waals surface area contributed by atoms with E-state index >= 15 is 0 Å². The van der Waals surface area contributed by atoms with Crippen LogP contribution in [0.15, 0.2) is 78.5 Å². The van der Waals surface area contributed by atoms with Crippen LogP contribution in [-0.4, -0.2) is 16.7 Å². The van der Waals surface area contributed by atoms with E-state index in [0.717, 1.165) is 11.1 Å². The molecule has 7 nitrogen and oxygen atoms in total. The number of anilines is 1. The summed E-state index contributed by atoms with van der Waals surface area (Å²) in [6.07, 6.45) is 1.47. The summed E-state index contributed by atoms with van der Waals surface area (Å²) in [5.74, 6) is -0.943. The van der Waals surface area contributed by atoms with Gasteiger partial charge in [-0.3, -0.25) is 19.7 Å². The minimum atomic E-state index is -0.509. The van der Waals surface area contributed by atoms with E-state index < -0.39 is 16.7 Å². The average molecular weight is 415 g/mol. The Morgan fingerprint density at radius 1 is 0.903 bits per heavy atom. The van der Waals surface area contributed by atoms with Gasteiger partial charge < -0.3 is 10.6 Å². The first-order valence-electron chi connectivity index (χ1n) is 9.54. The number of amides is 2. The lowest BCUT2D eigenvalue weighted by molar-refractivity contribution is -0.384. The van der Waals surface area contributed by atoms with E-state index in [9.17, 15) is 19.7 Å². The third-order valence-electron chi connectivity index (χ3n) is 4.46. The summed E-state index contributed by atoms with van der Waals surface area (Å²) in [7, 11) is 0. The van der Waals surface area contributed by atoms with Gasteiger partial charge in [0.1, 0.15) is 5.70 Å². The maximum absolute atomic E-state index is 12.9. The van der Waals surface area contributed by atoms with Crippen LogP contribution in [0.1, 0.15) is 27.0 Å². The van der Waals surface area contributed by atoms with Crippen molar-refractivity contribution in [2.75, 3.05) is 5.32 Å². The predicted molar refractivity (Wildman–Crippen MR) is 120 cm³/mol. The van der Waals surface area contributed by atoms with Crippen LogP contribution in [0.2, 0.25) is 0 Å². The van der Waals surface area contributed by atoms with Crippen molar-refractivity contribution in [3.63, 3.8) is 0 Å². The average Bonchev–Trinajstić information content (AvgIpc) is 2.73. The molecule has 2 N–H and O–H groups in total. The van der Waals surface area contributed by atoms with Gasteiger partial charge in [-0.25, -0.2) is 0 Å². The van der Waals surface area contributed by atoms with Crippen molar-refractivity contribution in [3.05, 3.63) is 111 Å². The highest BCUT2D eigenvalue weighted by atomic mass is 16.6. The fourth-order valence-corrected chi connectivity index (χ4v) is 2.92. The van der Waals surface area contributed by atoms with Crippen LogP contribution in [-0.2, 0) is 4.79 Å². The van der Waals surface area contributed by atoms with Crippen LogP contribution in [0, 0.1) is 24.0 Å². The molecule has 0 fully saturated rings. The van der Waals surface area contributed by atoms with Gasteiger partial charge >= 0.3 is 0 Å². The second kappa shape index (κ2) is 9.49. The summed E-state index contributed by atoms with van der Waals surface area (Å²) < 4.78 is 0. The number of hydrogen-bond acceptors (Lipinski definition) is 4. The van der Waals surface area contributed by atoms with E-state index in [-0.39, 0.29) is 11.4 Å². The minimum absolute atomic E-state index is 0.0156. The molecule has 0 bridgehead atoms. The van der Waals surface area contributed by atoms with Crippen LogP contribution < -0.4 is 10.6 Å².